The van der Waals surface area contributed by atoms with Crippen LogP contribution in [0.25, 0.3) is 0 Å². The van der Waals surface area contributed by atoms with Crippen LogP contribution in [0.15, 0.2) is 77.7 Å². The highest BCUT2D eigenvalue weighted by molar-refractivity contribution is 7.92. The van der Waals surface area contributed by atoms with E-state index in [2.05, 4.69) is 9.62 Å². The van der Waals surface area contributed by atoms with E-state index in [9.17, 15) is 8.42 Å². The fourth-order valence-corrected chi connectivity index (χ4v) is 4.67. The van der Waals surface area contributed by atoms with E-state index in [-0.39, 0.29) is 11.0 Å². The largest absolute Gasteiger partial charge is 0.457 e. The van der Waals surface area contributed by atoms with Crippen LogP contribution < -0.4 is 14.4 Å². The topological polar surface area (TPSA) is 67.9 Å². The Balaban J connectivity index is 1.41. The molecule has 1 heterocycles. The molecule has 1 fully saturated rings. The van der Waals surface area contributed by atoms with E-state index in [0.717, 1.165) is 30.8 Å². The summed E-state index contributed by atoms with van der Waals surface area (Å²) in [4.78, 5) is 2.41. The Bertz CT molecular complexity index is 1130. The lowest BCUT2D eigenvalue weighted by molar-refractivity contribution is 0.121. The molecule has 0 radical (unpaired) electrons. The van der Waals surface area contributed by atoms with Gasteiger partial charge in [0.25, 0.3) is 10.0 Å². The summed E-state index contributed by atoms with van der Waals surface area (Å²) in [6, 6.07) is 21.5. The monoisotopic (exact) mass is 438 g/mol. The molecular formula is C24H26N2O4S. The van der Waals surface area contributed by atoms with Crippen molar-refractivity contribution >= 4 is 21.4 Å². The lowest BCUT2D eigenvalue weighted by atomic mass is 10.2. The molecule has 0 aromatic heterocycles. The molecule has 0 amide bonds. The van der Waals surface area contributed by atoms with Gasteiger partial charge in [0.1, 0.15) is 11.5 Å². The molecule has 1 aliphatic rings. The van der Waals surface area contributed by atoms with Gasteiger partial charge in [-0.3, -0.25) is 4.72 Å². The van der Waals surface area contributed by atoms with Crippen LogP contribution in [0, 0.1) is 6.92 Å². The number of hydrogen-bond acceptors (Lipinski definition) is 5. The number of aryl methyl sites for hydroxylation is 1. The third-order valence-electron chi connectivity index (χ3n) is 5.32. The Morgan fingerprint density at radius 2 is 1.71 bits per heavy atom. The van der Waals surface area contributed by atoms with Gasteiger partial charge in [-0.2, -0.15) is 0 Å². The number of anilines is 2. The van der Waals surface area contributed by atoms with Gasteiger partial charge in [0, 0.05) is 31.6 Å². The van der Waals surface area contributed by atoms with Crippen molar-refractivity contribution in [2.24, 2.45) is 0 Å². The highest BCUT2D eigenvalue weighted by atomic mass is 32.2. The highest BCUT2D eigenvalue weighted by Gasteiger charge is 2.22. The molecule has 1 aliphatic heterocycles. The molecule has 31 heavy (non-hydrogen) atoms. The molecule has 0 aliphatic carbocycles. The predicted molar refractivity (Wildman–Crippen MR) is 123 cm³/mol. The zero-order valence-electron chi connectivity index (χ0n) is 17.6. The van der Waals surface area contributed by atoms with Crippen molar-refractivity contribution in [1.29, 1.82) is 0 Å². The van der Waals surface area contributed by atoms with Crippen LogP contribution in [0.1, 0.15) is 12.0 Å². The minimum atomic E-state index is -3.69. The fraction of sp³-hybridized carbons (Fsp3) is 0.250. The minimum Gasteiger partial charge on any atom is -0.457 e. The summed E-state index contributed by atoms with van der Waals surface area (Å²) in [5.74, 6) is 1.29. The summed E-state index contributed by atoms with van der Waals surface area (Å²) in [6.45, 7) is 3.77. The van der Waals surface area contributed by atoms with Crippen LogP contribution in [0.2, 0.25) is 0 Å². The zero-order chi connectivity index (χ0) is 21.8. The van der Waals surface area contributed by atoms with Gasteiger partial charge in [-0.25, -0.2) is 8.42 Å². The van der Waals surface area contributed by atoms with Gasteiger partial charge in [0.15, 0.2) is 0 Å². The molecular weight excluding hydrogens is 412 g/mol. The number of nitrogens with one attached hydrogen (secondary N) is 1. The maximum absolute atomic E-state index is 12.8. The number of methoxy groups -OCH3 is 1. The quantitative estimate of drug-likeness (QED) is 0.573. The van der Waals surface area contributed by atoms with Gasteiger partial charge in [-0.15, -0.1) is 0 Å². The number of rotatable bonds is 7. The van der Waals surface area contributed by atoms with Crippen LogP contribution in [0.3, 0.4) is 0 Å². The second-order valence-corrected chi connectivity index (χ2v) is 9.32. The van der Waals surface area contributed by atoms with E-state index in [1.807, 2.05) is 43.3 Å². The second kappa shape index (κ2) is 8.99. The number of ether oxygens (including phenoxy) is 2. The molecule has 3 aromatic rings. The smallest absolute Gasteiger partial charge is 0.261 e. The second-order valence-electron chi connectivity index (χ2n) is 7.63. The molecule has 3 aromatic carbocycles. The third kappa shape index (κ3) is 5.18. The Morgan fingerprint density at radius 3 is 2.35 bits per heavy atom. The van der Waals surface area contributed by atoms with Gasteiger partial charge < -0.3 is 14.4 Å². The van der Waals surface area contributed by atoms with E-state index in [1.165, 1.54) is 12.1 Å². The number of benzene rings is 3. The fourth-order valence-electron chi connectivity index (χ4n) is 3.61. The Morgan fingerprint density at radius 1 is 0.968 bits per heavy atom. The van der Waals surface area contributed by atoms with Gasteiger partial charge in [0.2, 0.25) is 0 Å². The predicted octanol–water partition coefficient (Wildman–Crippen LogP) is 4.81. The van der Waals surface area contributed by atoms with Crippen LogP contribution in [0.5, 0.6) is 11.5 Å². The maximum Gasteiger partial charge on any atom is 0.261 e. The SMILES string of the molecule is COC1CCN(c2ccc(NS(=O)(=O)c3ccc(Oc4cccc(C)c4)cc3)cc2)C1. The van der Waals surface area contributed by atoms with Gasteiger partial charge >= 0.3 is 0 Å². The number of sulfonamides is 1. The first-order chi connectivity index (χ1) is 14.9. The average molecular weight is 439 g/mol. The van der Waals surface area contributed by atoms with Crippen molar-refractivity contribution in [2.45, 2.75) is 24.3 Å². The molecule has 7 heteroatoms. The molecule has 0 bridgehead atoms. The summed E-state index contributed by atoms with van der Waals surface area (Å²) in [6.07, 6.45) is 1.24. The zero-order valence-corrected chi connectivity index (χ0v) is 18.4. The number of nitrogens with zero attached hydrogens (tertiary/aromatic N) is 1. The van der Waals surface area contributed by atoms with Crippen molar-refractivity contribution in [3.05, 3.63) is 78.4 Å². The number of hydrogen-bond donors (Lipinski definition) is 1. The summed E-state index contributed by atoms with van der Waals surface area (Å²) in [5.41, 5.74) is 2.67. The van der Waals surface area contributed by atoms with Crippen LogP contribution in [-0.4, -0.2) is 34.7 Å². The van der Waals surface area contributed by atoms with Crippen molar-refractivity contribution in [2.75, 3.05) is 29.8 Å². The molecule has 0 spiro atoms. The summed E-state index contributed by atoms with van der Waals surface area (Å²) >= 11 is 0. The van der Waals surface area contributed by atoms with E-state index in [4.69, 9.17) is 9.47 Å². The lowest BCUT2D eigenvalue weighted by Gasteiger charge is -2.19. The van der Waals surface area contributed by atoms with Gasteiger partial charge in [-0.05, 0) is 79.6 Å². The summed E-state index contributed by atoms with van der Waals surface area (Å²) < 4.78 is 39.4. The van der Waals surface area contributed by atoms with Crippen molar-refractivity contribution in [1.82, 2.24) is 0 Å². The Kier molecular flexibility index (Phi) is 6.15. The average Bonchev–Trinajstić information content (AvgIpc) is 3.24. The molecule has 1 N–H and O–H groups in total. The van der Waals surface area contributed by atoms with Gasteiger partial charge in [-0.1, -0.05) is 12.1 Å². The first-order valence-electron chi connectivity index (χ1n) is 10.2. The van der Waals surface area contributed by atoms with Crippen molar-refractivity contribution in [3.8, 4) is 11.5 Å². The molecule has 1 unspecified atom stereocenters. The van der Waals surface area contributed by atoms with Crippen LogP contribution in [0.4, 0.5) is 11.4 Å². The highest BCUT2D eigenvalue weighted by Crippen LogP contribution is 2.26. The molecule has 1 saturated heterocycles. The maximum atomic E-state index is 12.8. The standard InChI is InChI=1S/C24H26N2O4S/c1-18-4-3-5-22(16-18)30-21-10-12-24(13-11-21)31(27,28)25-19-6-8-20(9-7-19)26-15-14-23(17-26)29-2/h3-13,16,23,25H,14-15,17H2,1-2H3. The van der Waals surface area contributed by atoms with E-state index in [0.29, 0.717) is 17.2 Å². The third-order valence-corrected chi connectivity index (χ3v) is 6.72. The molecule has 162 valence electrons. The van der Waals surface area contributed by atoms with Crippen LogP contribution in [-0.2, 0) is 14.8 Å². The van der Waals surface area contributed by atoms with E-state index < -0.39 is 10.0 Å². The Labute approximate surface area is 183 Å². The molecule has 1 atom stereocenters. The van der Waals surface area contributed by atoms with Crippen LogP contribution >= 0.6 is 0 Å². The van der Waals surface area contributed by atoms with Gasteiger partial charge in [0.05, 0.1) is 11.0 Å². The van der Waals surface area contributed by atoms with Crippen molar-refractivity contribution < 1.29 is 17.9 Å². The van der Waals surface area contributed by atoms with Crippen molar-refractivity contribution in [3.63, 3.8) is 0 Å². The summed E-state index contributed by atoms with van der Waals surface area (Å²) in [7, 11) is -1.96. The normalized spacial score (nSPS) is 16.3. The minimum absolute atomic E-state index is 0.177. The molecule has 4 rings (SSSR count). The summed E-state index contributed by atoms with van der Waals surface area (Å²) in [5, 5.41) is 0. The van der Waals surface area contributed by atoms with E-state index in [1.54, 1.807) is 31.4 Å². The Hall–Kier alpha value is -3.03. The van der Waals surface area contributed by atoms with E-state index >= 15 is 0 Å². The molecule has 0 saturated carbocycles. The first kappa shape index (κ1) is 21.2. The molecule has 6 nitrogen and oxygen atoms in total. The lowest BCUT2D eigenvalue weighted by Crippen LogP contribution is -2.22. The first-order valence-corrected chi connectivity index (χ1v) is 11.7.